The summed E-state index contributed by atoms with van der Waals surface area (Å²) in [5, 5.41) is 0. The Hall–Kier alpha value is -15.3. The fraction of sp³-hybridized carbons (Fsp3) is 0. The van der Waals surface area contributed by atoms with Crippen LogP contribution in [0.1, 0.15) is 0 Å². The molecule has 20 aromatic rings. The highest BCUT2D eigenvalue weighted by molar-refractivity contribution is 9.69. The molecule has 0 amide bonds. The molecule has 6 nitrogen and oxygen atoms in total. The molecule has 0 N–H and O–H groups in total. The maximum Gasteiger partial charge on any atom is 0.369 e. The summed E-state index contributed by atoms with van der Waals surface area (Å²) in [4.78, 5) is 9.64. The third-order valence-corrected chi connectivity index (χ3v) is 23.9. The first-order valence-corrected chi connectivity index (χ1v) is 46.7. The van der Waals surface area contributed by atoms with E-state index < -0.39 is 0 Å². The number of halogens is 4. The van der Waals surface area contributed by atoms with E-state index in [1.807, 2.05) is 60.7 Å². The molecule has 0 unspecified atom stereocenters. The van der Waals surface area contributed by atoms with Crippen molar-refractivity contribution in [3.63, 3.8) is 0 Å². The molecule has 0 aliphatic carbocycles. The molecule has 632 valence electrons. The summed E-state index contributed by atoms with van der Waals surface area (Å²) < 4.78 is 14.0. The van der Waals surface area contributed by atoms with Crippen LogP contribution in [-0.4, -0.2) is 9.90 Å². The first-order chi connectivity index (χ1) is 64.7. The standard InChI is InChI=1S/C60H41BN2O.C60H44N2O.BBr3.FH/c1-6-18-42(19-7-1)46-26-16-28-50(36-46)62-56-38-48(44-22-10-3-11-23-44)32-34-54(56)61-55-35-33-49(45-24-12-4-13-25-45)39-57(55)63(51-29-17-27-47(37-51)43-20-8-2-9-21-43)59-41-53(40-58(62)60(59)61)64-52-30-14-5-15-31-52;1-6-20-45(21-7-1)49-28-16-32-53(38-49)61(54-33-17-29-50(39-54)46-22-8-2-9-23-46)57-42-58(44-60(43-57)63-59-36-14-5-15-37-59)62(55-34-18-30-51(40-55)47-24-10-3-11-25-47)56-35-19-31-52(41-56)48-26-12-4-13-27-48;2-1(3)4;/h1-41H;1-44H;;1H. The van der Waals surface area contributed by atoms with Crippen LogP contribution in [0.4, 0.5) is 73.0 Å². The van der Waals surface area contributed by atoms with Crippen LogP contribution in [0.15, 0.2) is 516 Å². The summed E-state index contributed by atoms with van der Waals surface area (Å²) in [6.07, 6.45) is 0. The lowest BCUT2D eigenvalue weighted by atomic mass is 9.33. The van der Waals surface area contributed by atoms with Gasteiger partial charge in [-0.3, -0.25) is 4.70 Å². The van der Waals surface area contributed by atoms with Gasteiger partial charge >= 0.3 is 3.18 Å². The average molecular weight is 1900 g/mol. The fourth-order valence-corrected chi connectivity index (χ4v) is 18.0. The van der Waals surface area contributed by atoms with E-state index >= 15 is 0 Å². The van der Waals surface area contributed by atoms with Crippen LogP contribution in [-0.2, 0) is 0 Å². The van der Waals surface area contributed by atoms with Crippen LogP contribution in [0.25, 0.3) is 89.0 Å². The van der Waals surface area contributed by atoms with Crippen LogP contribution < -0.4 is 45.5 Å². The summed E-state index contributed by atoms with van der Waals surface area (Å²) in [6.45, 7) is -0.0717. The van der Waals surface area contributed by atoms with Crippen LogP contribution in [0.5, 0.6) is 23.0 Å². The number of hydrogen-bond donors (Lipinski definition) is 0. The Bertz CT molecular complexity index is 6800. The molecule has 0 fully saturated rings. The normalized spacial score (nSPS) is 11.3. The van der Waals surface area contributed by atoms with Crippen LogP contribution in [0.3, 0.4) is 0 Å². The lowest BCUT2D eigenvalue weighted by Crippen LogP contribution is -2.61. The lowest BCUT2D eigenvalue weighted by molar-refractivity contribution is 0.482. The van der Waals surface area contributed by atoms with Crippen LogP contribution in [0.2, 0.25) is 0 Å². The minimum atomic E-state index is -0.0717. The number of fused-ring (bicyclic) bond motifs is 4. The zero-order valence-corrected chi connectivity index (χ0v) is 76.6. The summed E-state index contributed by atoms with van der Waals surface area (Å²) in [5.41, 5.74) is 34.8. The van der Waals surface area contributed by atoms with Crippen molar-refractivity contribution in [1.82, 2.24) is 0 Å². The van der Waals surface area contributed by atoms with Gasteiger partial charge in [0.25, 0.3) is 6.71 Å². The van der Waals surface area contributed by atoms with E-state index in [0.29, 0.717) is 5.75 Å². The van der Waals surface area contributed by atoms with Gasteiger partial charge in [0.15, 0.2) is 0 Å². The Morgan fingerprint density at radius 3 is 0.689 bits per heavy atom. The topological polar surface area (TPSA) is 31.4 Å². The van der Waals surface area contributed by atoms with Gasteiger partial charge in [0.05, 0.1) is 11.4 Å². The molecule has 0 radical (unpaired) electrons. The second-order valence-corrected chi connectivity index (χ2v) is 38.6. The van der Waals surface area contributed by atoms with E-state index in [1.54, 1.807) is 0 Å². The highest BCUT2D eigenvalue weighted by atomic mass is 79.9. The molecule has 2 heterocycles. The number of hydrogen-bond acceptors (Lipinski definition) is 6. The van der Waals surface area contributed by atoms with E-state index in [4.69, 9.17) is 9.47 Å². The third-order valence-electron chi connectivity index (χ3n) is 23.9. The zero-order valence-electron chi connectivity index (χ0n) is 71.9. The number of anilines is 12. The van der Waals surface area contributed by atoms with Crippen molar-refractivity contribution in [1.29, 1.82) is 0 Å². The minimum Gasteiger partial charge on any atom is -0.457 e. The molecule has 0 atom stereocenters. The zero-order chi connectivity index (χ0) is 88.2. The van der Waals surface area contributed by atoms with Gasteiger partial charge in [-0.2, -0.15) is 0 Å². The second-order valence-electron chi connectivity index (χ2n) is 32.2. The molecule has 132 heavy (non-hydrogen) atoms. The molecule has 0 bridgehead atoms. The van der Waals surface area contributed by atoms with Crippen LogP contribution in [0, 0.1) is 0 Å². The molecule has 0 saturated heterocycles. The molecule has 12 heteroatoms. The van der Waals surface area contributed by atoms with Crippen LogP contribution >= 0.6 is 47.3 Å². The minimum absolute atomic E-state index is 0. The maximum absolute atomic E-state index is 6.91. The number of rotatable bonds is 20. The average Bonchev–Trinajstić information content (AvgIpc) is 0.693. The van der Waals surface area contributed by atoms with Gasteiger partial charge in [-0.1, -0.05) is 376 Å². The highest BCUT2D eigenvalue weighted by Gasteiger charge is 2.44. The lowest BCUT2D eigenvalue weighted by Gasteiger charge is -2.44. The molecule has 0 spiro atoms. The molecule has 0 aromatic heterocycles. The largest absolute Gasteiger partial charge is 0.457 e. The van der Waals surface area contributed by atoms with E-state index in [2.05, 4.69) is 522 Å². The van der Waals surface area contributed by atoms with Crippen molar-refractivity contribution < 1.29 is 14.2 Å². The summed E-state index contributed by atoms with van der Waals surface area (Å²) in [5.74, 6) is 3.01. The van der Waals surface area contributed by atoms with Gasteiger partial charge in [-0.05, 0) is 221 Å². The Morgan fingerprint density at radius 2 is 0.417 bits per heavy atom. The molecule has 0 saturated carbocycles. The van der Waals surface area contributed by atoms with Crippen molar-refractivity contribution in [3.8, 4) is 112 Å². The Kier molecular flexibility index (Phi) is 26.2. The van der Waals surface area contributed by atoms with Crippen molar-refractivity contribution in [3.05, 3.63) is 516 Å². The van der Waals surface area contributed by atoms with Crippen molar-refractivity contribution in [2.75, 3.05) is 19.6 Å². The van der Waals surface area contributed by atoms with E-state index in [-0.39, 0.29) is 14.6 Å². The number of nitrogens with zero attached hydrogens (tertiary/aromatic N) is 4. The predicted molar refractivity (Wildman–Crippen MR) is 568 cm³/mol. The predicted octanol–water partition coefficient (Wildman–Crippen LogP) is 33.6. The summed E-state index contributed by atoms with van der Waals surface area (Å²) in [6, 6.07) is 184. The van der Waals surface area contributed by atoms with Crippen molar-refractivity contribution in [2.45, 2.75) is 0 Å². The number of benzene rings is 20. The number of para-hydroxylation sites is 2. The quantitative estimate of drug-likeness (QED) is 0.0707. The SMILES string of the molecule is BrB(Br)Br.F.c1ccc(Oc2cc(N(c3cccc(-c4ccccc4)c3)c3cccc(-c4ccccc4)c3)cc(N(c3cccc(-c4ccccc4)c3)c3cccc(-c4ccccc4)c3)c2)cc1.c1ccc(Oc2cc3c4c(c2)N(c2cccc(-c5ccccc5)c2)c2cc(-c5ccccc5)ccc2B4c2ccc(-c4ccccc4)cc2N3c2cccc(-c3ccccc3)c2)cc1. The molecule has 2 aliphatic rings. The maximum atomic E-state index is 6.91. The Labute approximate surface area is 796 Å². The smallest absolute Gasteiger partial charge is 0.369 e. The number of ether oxygens (including phenoxy) is 2. The van der Waals surface area contributed by atoms with Gasteiger partial charge in [-0.15, -0.1) is 47.3 Å². The van der Waals surface area contributed by atoms with Crippen molar-refractivity contribution in [2.24, 2.45) is 0 Å². The van der Waals surface area contributed by atoms with Gasteiger partial charge in [-0.25, -0.2) is 0 Å². The molecular formula is C120H86B2Br3FN4O2. The summed E-state index contributed by atoms with van der Waals surface area (Å²) in [7, 11) is 0. The molecule has 20 aromatic carbocycles. The summed E-state index contributed by atoms with van der Waals surface area (Å²) >= 11 is 9.31. The second kappa shape index (κ2) is 40.2. The third kappa shape index (κ3) is 19.1. The van der Waals surface area contributed by atoms with Gasteiger partial charge in [0.1, 0.15) is 23.0 Å². The molecule has 2 aliphatic heterocycles. The first kappa shape index (κ1) is 86.1. The molecular weight excluding hydrogens is 1810 g/mol. The van der Waals surface area contributed by atoms with Gasteiger partial charge in [0, 0.05) is 81.1 Å². The fourth-order valence-electron chi connectivity index (χ4n) is 18.0. The van der Waals surface area contributed by atoms with E-state index in [0.717, 1.165) is 141 Å². The first-order valence-electron chi connectivity index (χ1n) is 43.9. The molecule has 22 rings (SSSR count). The van der Waals surface area contributed by atoms with Crippen molar-refractivity contribution >= 4 is 142 Å². The van der Waals surface area contributed by atoms with E-state index in [1.165, 1.54) is 49.8 Å². The monoisotopic (exact) mass is 1890 g/mol. The van der Waals surface area contributed by atoms with Gasteiger partial charge < -0.3 is 29.1 Å². The van der Waals surface area contributed by atoms with Gasteiger partial charge in [0.2, 0.25) is 0 Å². The Balaban J connectivity index is 0.000000163. The Morgan fingerprint density at radius 1 is 0.189 bits per heavy atom. The van der Waals surface area contributed by atoms with E-state index in [9.17, 15) is 0 Å². The highest BCUT2D eigenvalue weighted by Crippen LogP contribution is 2.51.